The number of ketones is 1. The Morgan fingerprint density at radius 2 is 1.57 bits per heavy atom. The molecule has 1 aromatic heterocycles. The third-order valence-electron chi connectivity index (χ3n) is 10.0. The monoisotopic (exact) mass is 733 g/mol. The molecule has 4 rings (SSSR count). The number of nitrogens with zero attached hydrogens (tertiary/aromatic N) is 3. The Hall–Kier alpha value is -5.21. The van der Waals surface area contributed by atoms with E-state index in [0.29, 0.717) is 18.4 Å². The predicted octanol–water partition coefficient (Wildman–Crippen LogP) is 1.67. The number of carboxylic acids is 1. The van der Waals surface area contributed by atoms with Crippen molar-refractivity contribution in [3.63, 3.8) is 0 Å². The number of fused-ring (bicyclic) bond motifs is 1. The van der Waals surface area contributed by atoms with E-state index >= 15 is 0 Å². The van der Waals surface area contributed by atoms with E-state index in [1.165, 1.54) is 23.5 Å². The fourth-order valence-electron chi connectivity index (χ4n) is 7.22. The first-order valence-electron chi connectivity index (χ1n) is 18.3. The molecule has 2 fully saturated rings. The third kappa shape index (κ3) is 10.2. The van der Waals surface area contributed by atoms with Crippen molar-refractivity contribution in [3.05, 3.63) is 60.2 Å². The number of carbonyl (C=O) groups is 7. The molecule has 1 saturated carbocycles. The van der Waals surface area contributed by atoms with E-state index in [2.05, 4.69) is 31.2 Å². The molecule has 1 saturated heterocycles. The quantitative estimate of drug-likeness (QED) is 0.148. The number of hydrogen-bond donors (Lipinski definition) is 5. The van der Waals surface area contributed by atoms with Gasteiger partial charge in [-0.2, -0.15) is 0 Å². The lowest BCUT2D eigenvalue weighted by molar-refractivity contribution is -0.146. The molecule has 1 unspecified atom stereocenters. The summed E-state index contributed by atoms with van der Waals surface area (Å²) in [6.07, 6.45) is 6.93. The normalized spacial score (nSPS) is 20.1. The van der Waals surface area contributed by atoms with Gasteiger partial charge in [0.2, 0.25) is 23.5 Å². The molecule has 2 heterocycles. The van der Waals surface area contributed by atoms with Gasteiger partial charge in [-0.25, -0.2) is 9.78 Å². The van der Waals surface area contributed by atoms with Crippen LogP contribution in [0.2, 0.25) is 0 Å². The van der Waals surface area contributed by atoms with Gasteiger partial charge in [-0.1, -0.05) is 77.8 Å². The van der Waals surface area contributed by atoms with E-state index in [1.54, 1.807) is 65.0 Å². The van der Waals surface area contributed by atoms with Crippen molar-refractivity contribution in [1.29, 1.82) is 0 Å². The smallest absolute Gasteiger partial charge is 0.326 e. The van der Waals surface area contributed by atoms with Crippen molar-refractivity contribution in [2.24, 2.45) is 23.7 Å². The molecule has 0 bridgehead atoms. The average Bonchev–Trinajstić information content (AvgIpc) is 3.74. The second-order valence-corrected chi connectivity index (χ2v) is 14.6. The second-order valence-electron chi connectivity index (χ2n) is 14.6. The van der Waals surface area contributed by atoms with Gasteiger partial charge in [0, 0.05) is 25.4 Å². The van der Waals surface area contributed by atoms with Gasteiger partial charge in [-0.15, -0.1) is 0 Å². The van der Waals surface area contributed by atoms with Crippen LogP contribution in [0, 0.1) is 23.7 Å². The number of rotatable bonds is 17. The van der Waals surface area contributed by atoms with E-state index in [1.807, 2.05) is 0 Å². The van der Waals surface area contributed by atoms with Crippen LogP contribution < -0.4 is 21.3 Å². The summed E-state index contributed by atoms with van der Waals surface area (Å²) in [5, 5.41) is 20.3. The van der Waals surface area contributed by atoms with Crippen molar-refractivity contribution >= 4 is 41.3 Å². The van der Waals surface area contributed by atoms with Crippen LogP contribution in [0.5, 0.6) is 0 Å². The molecule has 2 aromatic rings. The summed E-state index contributed by atoms with van der Waals surface area (Å²) in [5.74, 6) is -6.53. The van der Waals surface area contributed by atoms with Crippen LogP contribution in [-0.2, 0) is 35.2 Å². The van der Waals surface area contributed by atoms with E-state index < -0.39 is 77.4 Å². The average molecular weight is 734 g/mol. The maximum atomic E-state index is 14.3. The highest BCUT2D eigenvalue weighted by Crippen LogP contribution is 2.42. The Morgan fingerprint density at radius 3 is 2.17 bits per heavy atom. The molecule has 1 aliphatic heterocycles. The van der Waals surface area contributed by atoms with Crippen LogP contribution in [0.4, 0.5) is 0 Å². The van der Waals surface area contributed by atoms with Crippen LogP contribution in [0.15, 0.2) is 48.9 Å². The number of carbonyl (C=O) groups excluding carboxylic acids is 6. The highest BCUT2D eigenvalue weighted by atomic mass is 16.4. The minimum Gasteiger partial charge on any atom is -0.480 e. The molecule has 15 heteroatoms. The van der Waals surface area contributed by atoms with Gasteiger partial charge in [0.1, 0.15) is 29.9 Å². The summed E-state index contributed by atoms with van der Waals surface area (Å²) >= 11 is 0. The first kappa shape index (κ1) is 40.6. The molecule has 2 aliphatic rings. The number of amides is 5. The van der Waals surface area contributed by atoms with Gasteiger partial charge < -0.3 is 31.3 Å². The zero-order valence-electron chi connectivity index (χ0n) is 30.9. The van der Waals surface area contributed by atoms with Gasteiger partial charge >= 0.3 is 5.97 Å². The summed E-state index contributed by atoms with van der Waals surface area (Å²) in [5.41, 5.74) is 0.691. The number of aliphatic carboxylic acids is 1. The minimum atomic E-state index is -1.37. The summed E-state index contributed by atoms with van der Waals surface area (Å²) in [4.78, 5) is 103. The van der Waals surface area contributed by atoms with Crippen LogP contribution in [0.25, 0.3) is 0 Å². The van der Waals surface area contributed by atoms with Gasteiger partial charge in [0.05, 0.1) is 12.2 Å². The molecule has 5 N–H and O–H groups in total. The number of aromatic nitrogens is 2. The second kappa shape index (κ2) is 18.5. The molecule has 1 aliphatic carbocycles. The lowest BCUT2D eigenvalue weighted by Crippen LogP contribution is -2.60. The topological polar surface area (TPSA) is 217 Å². The van der Waals surface area contributed by atoms with E-state index in [0.717, 1.165) is 12.8 Å². The Morgan fingerprint density at radius 1 is 0.868 bits per heavy atom. The highest BCUT2D eigenvalue weighted by molar-refractivity contribution is 6.38. The van der Waals surface area contributed by atoms with Crippen molar-refractivity contribution in [2.45, 2.75) is 103 Å². The molecule has 0 radical (unpaired) electrons. The predicted molar refractivity (Wildman–Crippen MR) is 193 cm³/mol. The first-order valence-corrected chi connectivity index (χ1v) is 18.3. The number of likely N-dealkylation sites (tertiary alicyclic amines) is 1. The first-order chi connectivity index (χ1) is 25.2. The molecule has 1 aromatic carbocycles. The number of benzene rings is 1. The van der Waals surface area contributed by atoms with E-state index in [-0.39, 0.29) is 42.8 Å². The lowest BCUT2D eigenvalue weighted by Gasteiger charge is -2.34. The van der Waals surface area contributed by atoms with Crippen LogP contribution in [0.3, 0.4) is 0 Å². The SMILES string of the molecule is CCCC(NC(=O)[C@@H]1[C@H]2CCC[C@H]2CN1C(=O)[C@@H](NC(=O)[C@@H](NC(=O)c1cnccn1)C(C)C)C(C)C)C(=O)C(=O)N[C@H](Cc1ccccc1)C(=O)O. The molecule has 53 heavy (non-hydrogen) atoms. The van der Waals surface area contributed by atoms with Crippen LogP contribution >= 0.6 is 0 Å². The fraction of sp³-hybridized carbons (Fsp3) is 0.553. The van der Waals surface area contributed by atoms with Crippen molar-refractivity contribution in [3.8, 4) is 0 Å². The van der Waals surface area contributed by atoms with Crippen LogP contribution in [0.1, 0.15) is 82.8 Å². The Kier molecular flexibility index (Phi) is 14.2. The number of hydrogen-bond acceptors (Lipinski definition) is 9. The molecule has 15 nitrogen and oxygen atoms in total. The highest BCUT2D eigenvalue weighted by Gasteiger charge is 2.51. The minimum absolute atomic E-state index is 0.0332. The third-order valence-corrected chi connectivity index (χ3v) is 10.0. The van der Waals surface area contributed by atoms with E-state index in [9.17, 15) is 38.7 Å². The van der Waals surface area contributed by atoms with Crippen LogP contribution in [-0.4, -0.2) is 98.0 Å². The standard InChI is InChI=1S/C38H51N7O8/c1-6-11-26(32(46)36(50)42-27(38(52)53)18-23-12-8-7-9-13-23)41-35(49)31-25-15-10-14-24(25)20-45(31)37(51)30(22(4)5)44-34(48)29(21(2)3)43-33(47)28-19-39-16-17-40-28/h7-9,12-13,16-17,19,21-22,24-27,29-31H,6,10-11,14-15,18,20H2,1-5H3,(H,41,49)(H,42,50)(H,43,47)(H,44,48)(H,52,53)/t24-,25-,26?,27+,29-,30-,31-/m0/s1. The largest absolute Gasteiger partial charge is 0.480 e. The maximum Gasteiger partial charge on any atom is 0.326 e. The number of nitrogens with one attached hydrogen (secondary N) is 4. The van der Waals surface area contributed by atoms with E-state index in [4.69, 9.17) is 0 Å². The fourth-order valence-corrected chi connectivity index (χ4v) is 7.22. The lowest BCUT2D eigenvalue weighted by atomic mass is 9.92. The molecule has 7 atom stereocenters. The summed E-state index contributed by atoms with van der Waals surface area (Å²) in [7, 11) is 0. The van der Waals surface area contributed by atoms with Gasteiger partial charge in [0.15, 0.2) is 0 Å². The summed E-state index contributed by atoms with van der Waals surface area (Å²) in [6.45, 7) is 9.13. The van der Waals surface area contributed by atoms with Gasteiger partial charge in [0.25, 0.3) is 11.8 Å². The summed E-state index contributed by atoms with van der Waals surface area (Å²) < 4.78 is 0. The van der Waals surface area contributed by atoms with Crippen molar-refractivity contribution in [1.82, 2.24) is 36.1 Å². The number of carboxylic acid groups (broad SMARTS) is 1. The van der Waals surface area contributed by atoms with Gasteiger partial charge in [-0.05, 0) is 48.5 Å². The zero-order valence-corrected chi connectivity index (χ0v) is 30.9. The molecule has 286 valence electrons. The summed E-state index contributed by atoms with van der Waals surface area (Å²) in [6, 6.07) is 3.07. The Balaban J connectivity index is 1.50. The Labute approximate surface area is 309 Å². The molecule has 5 amide bonds. The zero-order chi connectivity index (χ0) is 38.8. The Bertz CT molecular complexity index is 1640. The van der Waals surface area contributed by atoms with Gasteiger partial charge in [-0.3, -0.25) is 33.8 Å². The maximum absolute atomic E-state index is 14.3. The molecular formula is C38H51N7O8. The van der Waals surface area contributed by atoms with Crippen molar-refractivity contribution in [2.75, 3.05) is 6.54 Å². The molecular weight excluding hydrogens is 682 g/mol. The number of Topliss-reactive ketones (excluding diaryl/α,β-unsaturated/α-hetero) is 1. The van der Waals surface area contributed by atoms with Crippen molar-refractivity contribution < 1.29 is 38.7 Å². The molecule has 0 spiro atoms.